The molecule has 1 aromatic heterocycles. The number of hydrogen-bond donors (Lipinski definition) is 2. The Balaban J connectivity index is 1.89. The number of terminal acetylenes is 1. The van der Waals surface area contributed by atoms with E-state index in [1.165, 1.54) is 0 Å². The summed E-state index contributed by atoms with van der Waals surface area (Å²) in [6.45, 7) is 5.79. The molecule has 0 radical (unpaired) electrons. The predicted molar refractivity (Wildman–Crippen MR) is 111 cm³/mol. The third kappa shape index (κ3) is 3.89. The first-order valence-electron chi connectivity index (χ1n) is 8.91. The Morgan fingerprint density at radius 2 is 1.96 bits per heavy atom. The molecule has 6 heteroatoms. The number of aromatic nitrogens is 2. The van der Waals surface area contributed by atoms with Crippen LogP contribution in [0.1, 0.15) is 35.3 Å². The Morgan fingerprint density at radius 1 is 1.25 bits per heavy atom. The van der Waals surface area contributed by atoms with Crippen molar-refractivity contribution in [3.05, 3.63) is 53.2 Å². The number of amides is 1. The zero-order valence-corrected chi connectivity index (χ0v) is 16.3. The van der Waals surface area contributed by atoms with Gasteiger partial charge in [0.05, 0.1) is 7.11 Å². The number of nitrogens with one attached hydrogen (secondary N) is 2. The van der Waals surface area contributed by atoms with Crippen molar-refractivity contribution in [3.63, 3.8) is 0 Å². The van der Waals surface area contributed by atoms with Crippen LogP contribution in [0.25, 0.3) is 10.9 Å². The first kappa shape index (κ1) is 19.2. The highest BCUT2D eigenvalue weighted by atomic mass is 16.5. The standard InChI is InChI=1S/C22H22N4O2/c1-6-15-11-19(28-5)20-18(14(15)4)12-23-22(26-20)25-17-9-7-16(8-10-17)21(27)24-13(2)3/h1,7-13H,2-5H3,(H,24,27)(H,23,25,26). The molecule has 0 spiro atoms. The van der Waals surface area contributed by atoms with Gasteiger partial charge in [0.1, 0.15) is 11.3 Å². The van der Waals surface area contributed by atoms with E-state index in [0.29, 0.717) is 22.8 Å². The van der Waals surface area contributed by atoms with Crippen molar-refractivity contribution in [3.8, 4) is 18.1 Å². The summed E-state index contributed by atoms with van der Waals surface area (Å²) in [6, 6.07) is 9.02. The Labute approximate surface area is 164 Å². The maximum absolute atomic E-state index is 12.0. The van der Waals surface area contributed by atoms with E-state index in [1.807, 2.05) is 32.9 Å². The minimum absolute atomic E-state index is 0.0877. The molecule has 0 unspecified atom stereocenters. The van der Waals surface area contributed by atoms with E-state index in [4.69, 9.17) is 11.2 Å². The van der Waals surface area contributed by atoms with Crippen LogP contribution in [0.5, 0.6) is 5.75 Å². The molecule has 0 aliphatic carbocycles. The molecule has 3 rings (SSSR count). The fraction of sp³-hybridized carbons (Fsp3) is 0.227. The van der Waals surface area contributed by atoms with E-state index < -0.39 is 0 Å². The quantitative estimate of drug-likeness (QED) is 0.664. The molecule has 2 N–H and O–H groups in total. The van der Waals surface area contributed by atoms with E-state index in [1.54, 1.807) is 31.5 Å². The van der Waals surface area contributed by atoms with E-state index in [0.717, 1.165) is 22.2 Å². The lowest BCUT2D eigenvalue weighted by Gasteiger charge is -2.12. The Bertz CT molecular complexity index is 1070. The fourth-order valence-electron chi connectivity index (χ4n) is 2.84. The molecule has 0 bridgehead atoms. The average Bonchev–Trinajstić information content (AvgIpc) is 2.68. The third-order valence-electron chi connectivity index (χ3n) is 4.30. The second-order valence-electron chi connectivity index (χ2n) is 6.68. The summed E-state index contributed by atoms with van der Waals surface area (Å²) in [5.41, 5.74) is 3.74. The molecule has 0 atom stereocenters. The molecule has 0 fully saturated rings. The lowest BCUT2D eigenvalue weighted by atomic mass is 10.0. The van der Waals surface area contributed by atoms with Crippen LogP contribution in [-0.2, 0) is 0 Å². The molecular weight excluding hydrogens is 352 g/mol. The van der Waals surface area contributed by atoms with Crippen molar-refractivity contribution in [2.75, 3.05) is 12.4 Å². The smallest absolute Gasteiger partial charge is 0.251 e. The van der Waals surface area contributed by atoms with Gasteiger partial charge in [-0.1, -0.05) is 5.92 Å². The second-order valence-corrected chi connectivity index (χ2v) is 6.68. The molecule has 0 saturated carbocycles. The Morgan fingerprint density at radius 3 is 2.57 bits per heavy atom. The molecule has 6 nitrogen and oxygen atoms in total. The number of carbonyl (C=O) groups excluding carboxylic acids is 1. The van der Waals surface area contributed by atoms with E-state index in [-0.39, 0.29) is 11.9 Å². The van der Waals surface area contributed by atoms with E-state index in [2.05, 4.69) is 26.5 Å². The predicted octanol–water partition coefficient (Wildman–Crippen LogP) is 3.81. The summed E-state index contributed by atoms with van der Waals surface area (Å²) in [7, 11) is 1.58. The highest BCUT2D eigenvalue weighted by molar-refractivity contribution is 5.94. The van der Waals surface area contributed by atoms with Crippen LogP contribution in [0.3, 0.4) is 0 Å². The number of nitrogens with zero attached hydrogens (tertiary/aromatic N) is 2. The number of hydrogen-bond acceptors (Lipinski definition) is 5. The number of rotatable bonds is 5. The van der Waals surface area contributed by atoms with Gasteiger partial charge in [0.15, 0.2) is 0 Å². The van der Waals surface area contributed by atoms with Crippen molar-refractivity contribution in [2.24, 2.45) is 0 Å². The first-order valence-corrected chi connectivity index (χ1v) is 8.91. The summed E-state index contributed by atoms with van der Waals surface area (Å²) >= 11 is 0. The summed E-state index contributed by atoms with van der Waals surface area (Å²) in [4.78, 5) is 21.0. The van der Waals surface area contributed by atoms with Gasteiger partial charge < -0.3 is 15.4 Å². The Kier molecular flexibility index (Phi) is 5.46. The van der Waals surface area contributed by atoms with Crippen molar-refractivity contribution in [1.82, 2.24) is 15.3 Å². The molecule has 28 heavy (non-hydrogen) atoms. The van der Waals surface area contributed by atoms with Gasteiger partial charge in [0, 0.05) is 34.4 Å². The molecule has 0 aliphatic heterocycles. The normalized spacial score (nSPS) is 10.6. The number of benzene rings is 2. The van der Waals surface area contributed by atoms with Crippen LogP contribution in [0, 0.1) is 19.3 Å². The van der Waals surface area contributed by atoms with Gasteiger partial charge in [-0.15, -0.1) is 6.42 Å². The van der Waals surface area contributed by atoms with Crippen LogP contribution < -0.4 is 15.4 Å². The molecule has 1 amide bonds. The number of carbonyl (C=O) groups is 1. The maximum Gasteiger partial charge on any atom is 0.251 e. The van der Waals surface area contributed by atoms with Crippen LogP contribution >= 0.6 is 0 Å². The van der Waals surface area contributed by atoms with Gasteiger partial charge in [0.25, 0.3) is 5.91 Å². The van der Waals surface area contributed by atoms with Gasteiger partial charge in [-0.3, -0.25) is 4.79 Å². The minimum Gasteiger partial charge on any atom is -0.494 e. The molecule has 0 aliphatic rings. The number of methoxy groups -OCH3 is 1. The third-order valence-corrected chi connectivity index (χ3v) is 4.30. The summed E-state index contributed by atoms with van der Waals surface area (Å²) in [5, 5.41) is 6.86. The molecule has 3 aromatic rings. The second kappa shape index (κ2) is 7.97. The molecule has 142 valence electrons. The lowest BCUT2D eigenvalue weighted by Crippen LogP contribution is -2.29. The average molecular weight is 374 g/mol. The van der Waals surface area contributed by atoms with Crippen molar-refractivity contribution >= 4 is 28.4 Å². The van der Waals surface area contributed by atoms with Crippen LogP contribution in [0.15, 0.2) is 36.5 Å². The maximum atomic E-state index is 12.0. The highest BCUT2D eigenvalue weighted by Gasteiger charge is 2.12. The van der Waals surface area contributed by atoms with Crippen LogP contribution in [0.2, 0.25) is 0 Å². The number of ether oxygens (including phenoxy) is 1. The number of aryl methyl sites for hydroxylation is 1. The van der Waals surface area contributed by atoms with Gasteiger partial charge >= 0.3 is 0 Å². The van der Waals surface area contributed by atoms with Gasteiger partial charge in [-0.25, -0.2) is 9.97 Å². The van der Waals surface area contributed by atoms with Gasteiger partial charge in [-0.05, 0) is 56.7 Å². The SMILES string of the molecule is C#Cc1cc(OC)c2nc(Nc3ccc(C(=O)NC(C)C)cc3)ncc2c1C. The van der Waals surface area contributed by atoms with Gasteiger partial charge in [0.2, 0.25) is 5.95 Å². The van der Waals surface area contributed by atoms with Crippen LogP contribution in [-0.4, -0.2) is 29.0 Å². The van der Waals surface area contributed by atoms with Crippen molar-refractivity contribution in [1.29, 1.82) is 0 Å². The van der Waals surface area contributed by atoms with Crippen molar-refractivity contribution in [2.45, 2.75) is 26.8 Å². The summed E-state index contributed by atoms with van der Waals surface area (Å²) in [6.07, 6.45) is 7.30. The highest BCUT2D eigenvalue weighted by Crippen LogP contribution is 2.30. The molecule has 2 aromatic carbocycles. The molecule has 1 heterocycles. The van der Waals surface area contributed by atoms with Crippen LogP contribution in [0.4, 0.5) is 11.6 Å². The van der Waals surface area contributed by atoms with Gasteiger partial charge in [-0.2, -0.15) is 0 Å². The number of anilines is 2. The van der Waals surface area contributed by atoms with E-state index >= 15 is 0 Å². The fourth-order valence-corrected chi connectivity index (χ4v) is 2.84. The van der Waals surface area contributed by atoms with Crippen molar-refractivity contribution < 1.29 is 9.53 Å². The number of fused-ring (bicyclic) bond motifs is 1. The summed E-state index contributed by atoms with van der Waals surface area (Å²) in [5.74, 6) is 3.58. The summed E-state index contributed by atoms with van der Waals surface area (Å²) < 4.78 is 5.45. The lowest BCUT2D eigenvalue weighted by molar-refractivity contribution is 0.0943. The monoisotopic (exact) mass is 374 g/mol. The van der Waals surface area contributed by atoms with E-state index in [9.17, 15) is 4.79 Å². The first-order chi connectivity index (χ1) is 13.4. The topological polar surface area (TPSA) is 76.1 Å². The largest absolute Gasteiger partial charge is 0.494 e. The molecular formula is C22H22N4O2. The Hall–Kier alpha value is -3.59. The zero-order valence-electron chi connectivity index (χ0n) is 16.3. The zero-order chi connectivity index (χ0) is 20.3. The molecule has 0 saturated heterocycles. The minimum atomic E-state index is -0.104.